The highest BCUT2D eigenvalue weighted by molar-refractivity contribution is 6.14. The molecular formula is C33H44N4O. The largest absolute Gasteiger partial charge is 0.357 e. The number of allylic oxidation sites excluding steroid dienone is 1. The number of aliphatic imine (C=N–C) groups is 1. The van der Waals surface area contributed by atoms with Gasteiger partial charge in [-0.2, -0.15) is 0 Å². The maximum atomic E-state index is 14.0. The van der Waals surface area contributed by atoms with Gasteiger partial charge in [-0.1, -0.05) is 33.3 Å². The molecule has 2 aliphatic carbocycles. The topological polar surface area (TPSA) is 51.7 Å². The SMILES string of the molecule is CCc1cc2c(cc1CN1CCC(N3CCCCC3)CC1)C(C)(C)c1[nH]c3c(c1C2=O)CCC(C=NC)=C3. The molecule has 1 aromatic carbocycles. The normalized spacial score (nSPS) is 22.3. The molecule has 2 saturated heterocycles. The van der Waals surface area contributed by atoms with E-state index in [9.17, 15) is 4.79 Å². The molecule has 0 saturated carbocycles. The highest BCUT2D eigenvalue weighted by atomic mass is 16.1. The van der Waals surface area contributed by atoms with Gasteiger partial charge in [-0.3, -0.25) is 14.7 Å². The molecule has 0 atom stereocenters. The number of nitrogens with zero attached hydrogens (tertiary/aromatic N) is 3. The molecule has 4 aliphatic rings. The Kier molecular flexibility index (Phi) is 6.94. The lowest BCUT2D eigenvalue weighted by Crippen LogP contribution is -2.46. The summed E-state index contributed by atoms with van der Waals surface area (Å²) < 4.78 is 0. The molecule has 0 spiro atoms. The van der Waals surface area contributed by atoms with E-state index in [4.69, 9.17) is 0 Å². The lowest BCUT2D eigenvalue weighted by atomic mass is 9.69. The summed E-state index contributed by atoms with van der Waals surface area (Å²) in [5.41, 5.74) is 10.1. The Bertz CT molecular complexity index is 1280. The first-order valence-electron chi connectivity index (χ1n) is 15.0. The number of ketones is 1. The fourth-order valence-electron chi connectivity index (χ4n) is 7.56. The first-order chi connectivity index (χ1) is 18.4. The van der Waals surface area contributed by atoms with E-state index < -0.39 is 0 Å². The van der Waals surface area contributed by atoms with Gasteiger partial charge in [0.2, 0.25) is 0 Å². The number of carbonyl (C=O) groups is 1. The molecule has 0 bridgehead atoms. The predicted octanol–water partition coefficient (Wildman–Crippen LogP) is 5.93. The molecular weight excluding hydrogens is 468 g/mol. The molecule has 6 rings (SSSR count). The molecule has 38 heavy (non-hydrogen) atoms. The van der Waals surface area contributed by atoms with Gasteiger partial charge in [0.15, 0.2) is 5.78 Å². The number of aryl methyl sites for hydroxylation is 1. The monoisotopic (exact) mass is 512 g/mol. The van der Waals surface area contributed by atoms with E-state index in [-0.39, 0.29) is 11.2 Å². The van der Waals surface area contributed by atoms with Crippen LogP contribution in [0.25, 0.3) is 6.08 Å². The average Bonchev–Trinajstić information content (AvgIpc) is 3.33. The van der Waals surface area contributed by atoms with Gasteiger partial charge < -0.3 is 9.88 Å². The van der Waals surface area contributed by atoms with Gasteiger partial charge in [0.1, 0.15) is 0 Å². The molecule has 0 amide bonds. The lowest BCUT2D eigenvalue weighted by molar-refractivity contribution is 0.0895. The number of fused-ring (bicyclic) bond motifs is 4. The van der Waals surface area contributed by atoms with Crippen molar-refractivity contribution in [1.29, 1.82) is 0 Å². The Labute approximate surface area is 228 Å². The Morgan fingerprint density at radius 2 is 1.82 bits per heavy atom. The van der Waals surface area contributed by atoms with Gasteiger partial charge in [0.25, 0.3) is 0 Å². The molecule has 5 heteroatoms. The molecule has 0 radical (unpaired) electrons. The number of hydrogen-bond acceptors (Lipinski definition) is 4. The summed E-state index contributed by atoms with van der Waals surface area (Å²) in [6.07, 6.45) is 13.6. The predicted molar refractivity (Wildman–Crippen MR) is 157 cm³/mol. The quantitative estimate of drug-likeness (QED) is 0.506. The number of benzene rings is 1. The zero-order chi connectivity index (χ0) is 26.4. The second-order valence-electron chi connectivity index (χ2n) is 12.5. The van der Waals surface area contributed by atoms with Crippen molar-refractivity contribution in [3.63, 3.8) is 0 Å². The summed E-state index contributed by atoms with van der Waals surface area (Å²) in [6.45, 7) is 12.7. The minimum atomic E-state index is -0.245. The summed E-state index contributed by atoms with van der Waals surface area (Å²) >= 11 is 0. The molecule has 1 N–H and O–H groups in total. The Morgan fingerprint density at radius 1 is 1.05 bits per heavy atom. The van der Waals surface area contributed by atoms with Crippen LogP contribution in [0, 0.1) is 0 Å². The van der Waals surface area contributed by atoms with Crippen LogP contribution < -0.4 is 0 Å². The van der Waals surface area contributed by atoms with Crippen LogP contribution in [0.15, 0.2) is 22.7 Å². The summed E-state index contributed by atoms with van der Waals surface area (Å²) in [7, 11) is 1.82. The maximum Gasteiger partial charge on any atom is 0.195 e. The number of carbonyl (C=O) groups excluding carboxylic acids is 1. The van der Waals surface area contributed by atoms with E-state index >= 15 is 0 Å². The van der Waals surface area contributed by atoms with Gasteiger partial charge in [0, 0.05) is 53.8 Å². The lowest BCUT2D eigenvalue weighted by Gasteiger charge is -2.40. The van der Waals surface area contributed by atoms with Crippen LogP contribution in [0.1, 0.15) is 109 Å². The number of aromatic nitrogens is 1. The fourth-order valence-corrected chi connectivity index (χ4v) is 7.56. The van der Waals surface area contributed by atoms with Crippen molar-refractivity contribution in [2.75, 3.05) is 33.2 Å². The van der Waals surface area contributed by atoms with Crippen LogP contribution in [0.3, 0.4) is 0 Å². The van der Waals surface area contributed by atoms with E-state index in [0.717, 1.165) is 54.4 Å². The molecule has 2 aromatic rings. The van der Waals surface area contributed by atoms with Crippen molar-refractivity contribution >= 4 is 18.1 Å². The number of likely N-dealkylation sites (tertiary alicyclic amines) is 2. The summed E-state index contributed by atoms with van der Waals surface area (Å²) in [6, 6.07) is 5.40. The van der Waals surface area contributed by atoms with E-state index in [1.54, 1.807) is 0 Å². The zero-order valence-electron chi connectivity index (χ0n) is 23.8. The number of aromatic amines is 1. The molecule has 2 fully saturated rings. The maximum absolute atomic E-state index is 14.0. The molecule has 1 aromatic heterocycles. The standard InChI is InChI=1S/C33H44N4O/c1-5-23-18-27-28(19-24(23)21-36-15-11-25(12-16-36)37-13-7-6-8-14-37)33(2,3)32-30(31(27)38)26-10-9-22(20-34-4)17-29(26)35-32/h17-20,25,35H,5-16,21H2,1-4H3. The van der Waals surface area contributed by atoms with Crippen LogP contribution in [0.2, 0.25) is 0 Å². The summed E-state index contributed by atoms with van der Waals surface area (Å²) in [4.78, 5) is 27.3. The fraction of sp³-hybridized carbons (Fsp3) is 0.576. The summed E-state index contributed by atoms with van der Waals surface area (Å²) in [5, 5.41) is 0. The van der Waals surface area contributed by atoms with Crippen molar-refractivity contribution < 1.29 is 4.79 Å². The number of hydrogen-bond donors (Lipinski definition) is 1. The van der Waals surface area contributed by atoms with Crippen LogP contribution in [-0.2, 0) is 24.8 Å². The minimum Gasteiger partial charge on any atom is -0.357 e. The van der Waals surface area contributed by atoms with Gasteiger partial charge in [0.05, 0.1) is 0 Å². The highest BCUT2D eigenvalue weighted by Crippen LogP contribution is 2.45. The van der Waals surface area contributed by atoms with Crippen LogP contribution in [0.4, 0.5) is 0 Å². The second kappa shape index (κ2) is 10.2. The molecule has 5 nitrogen and oxygen atoms in total. The van der Waals surface area contributed by atoms with Crippen molar-refractivity contribution in [2.24, 2.45) is 4.99 Å². The van der Waals surface area contributed by atoms with Gasteiger partial charge in [-0.05, 0) is 111 Å². The van der Waals surface area contributed by atoms with Crippen LogP contribution in [0.5, 0.6) is 0 Å². The number of rotatable bonds is 5. The van der Waals surface area contributed by atoms with E-state index in [1.165, 1.54) is 86.1 Å². The van der Waals surface area contributed by atoms with Crippen molar-refractivity contribution in [3.8, 4) is 0 Å². The zero-order valence-corrected chi connectivity index (χ0v) is 23.8. The first-order valence-corrected chi connectivity index (χ1v) is 15.0. The molecule has 2 aliphatic heterocycles. The molecule has 3 heterocycles. The number of H-pyrrole nitrogens is 1. The molecule has 0 unspecified atom stereocenters. The third-order valence-electron chi connectivity index (χ3n) is 9.77. The number of nitrogens with one attached hydrogen (secondary N) is 1. The van der Waals surface area contributed by atoms with Crippen LogP contribution >= 0.6 is 0 Å². The minimum absolute atomic E-state index is 0.205. The molecule has 202 valence electrons. The average molecular weight is 513 g/mol. The highest BCUT2D eigenvalue weighted by Gasteiger charge is 2.41. The first kappa shape index (κ1) is 25.8. The Morgan fingerprint density at radius 3 is 2.53 bits per heavy atom. The van der Waals surface area contributed by atoms with Gasteiger partial charge in [-0.15, -0.1) is 0 Å². The van der Waals surface area contributed by atoms with Crippen molar-refractivity contribution in [1.82, 2.24) is 14.8 Å². The second-order valence-corrected chi connectivity index (χ2v) is 12.5. The van der Waals surface area contributed by atoms with Gasteiger partial charge >= 0.3 is 0 Å². The van der Waals surface area contributed by atoms with E-state index in [2.05, 4.69) is 58.8 Å². The van der Waals surface area contributed by atoms with E-state index in [1.807, 2.05) is 13.3 Å². The Hall–Kier alpha value is -2.50. The van der Waals surface area contributed by atoms with Gasteiger partial charge in [-0.25, -0.2) is 0 Å². The third kappa shape index (κ3) is 4.42. The van der Waals surface area contributed by atoms with Crippen molar-refractivity contribution in [3.05, 3.63) is 62.5 Å². The third-order valence-corrected chi connectivity index (χ3v) is 9.77. The van der Waals surface area contributed by atoms with E-state index in [0.29, 0.717) is 0 Å². The van der Waals surface area contributed by atoms with Crippen molar-refractivity contribution in [2.45, 2.75) is 90.1 Å². The number of piperidine rings is 2. The summed E-state index contributed by atoms with van der Waals surface area (Å²) in [5.74, 6) is 0.205. The Balaban J connectivity index is 1.28. The smallest absolute Gasteiger partial charge is 0.195 e. The van der Waals surface area contributed by atoms with Crippen LogP contribution in [-0.4, -0.2) is 66.1 Å².